The number of anilines is 1. The lowest BCUT2D eigenvalue weighted by atomic mass is 10.00. The Morgan fingerprint density at radius 1 is 1.38 bits per heavy atom. The molecule has 1 saturated heterocycles. The van der Waals surface area contributed by atoms with Crippen LogP contribution in [0, 0.1) is 5.92 Å². The van der Waals surface area contributed by atoms with Crippen LogP contribution in [0.25, 0.3) is 0 Å². The van der Waals surface area contributed by atoms with Crippen molar-refractivity contribution in [2.45, 2.75) is 26.3 Å². The Kier molecular flexibility index (Phi) is 4.83. The summed E-state index contributed by atoms with van der Waals surface area (Å²) in [5.41, 5.74) is 1.80. The Balaban J connectivity index is 1.65. The fourth-order valence-electron chi connectivity index (χ4n) is 3.20. The third-order valence-corrected chi connectivity index (χ3v) is 4.51. The minimum absolute atomic E-state index is 0.0931. The topological polar surface area (TPSA) is 54.3 Å². The Morgan fingerprint density at radius 2 is 2.21 bits per heavy atom. The maximum atomic E-state index is 12.6. The van der Waals surface area contributed by atoms with Crippen LogP contribution in [0.1, 0.15) is 35.7 Å². The normalized spacial score (nSPS) is 17.8. The quantitative estimate of drug-likeness (QED) is 0.865. The molecule has 1 aliphatic rings. The molecule has 3 rings (SSSR count). The number of amides is 1. The molecule has 24 heavy (non-hydrogen) atoms. The second-order valence-corrected chi connectivity index (χ2v) is 6.78. The smallest absolute Gasteiger partial charge is 0.255 e. The summed E-state index contributed by atoms with van der Waals surface area (Å²) in [6.45, 7) is 4.64. The average Bonchev–Trinajstić information content (AvgIpc) is 2.99. The number of nitrogens with zero attached hydrogens (tertiary/aromatic N) is 5. The van der Waals surface area contributed by atoms with E-state index in [1.165, 1.54) is 6.42 Å². The van der Waals surface area contributed by atoms with Gasteiger partial charge in [0.15, 0.2) is 0 Å². The van der Waals surface area contributed by atoms with Gasteiger partial charge in [-0.05, 0) is 30.9 Å². The van der Waals surface area contributed by atoms with Crippen LogP contribution in [-0.4, -0.2) is 45.7 Å². The minimum atomic E-state index is 0.0931. The van der Waals surface area contributed by atoms with Gasteiger partial charge in [-0.1, -0.05) is 6.92 Å². The van der Waals surface area contributed by atoms with Crippen molar-refractivity contribution in [3.8, 4) is 0 Å². The Morgan fingerprint density at radius 3 is 2.83 bits per heavy atom. The van der Waals surface area contributed by atoms with Crippen LogP contribution in [0.4, 0.5) is 5.82 Å². The van der Waals surface area contributed by atoms with E-state index in [1.807, 2.05) is 48.4 Å². The number of rotatable bonds is 4. The van der Waals surface area contributed by atoms with E-state index < -0.39 is 0 Å². The van der Waals surface area contributed by atoms with E-state index in [9.17, 15) is 4.79 Å². The van der Waals surface area contributed by atoms with Gasteiger partial charge in [-0.2, -0.15) is 5.10 Å². The molecule has 0 saturated carbocycles. The van der Waals surface area contributed by atoms with E-state index >= 15 is 0 Å². The van der Waals surface area contributed by atoms with Gasteiger partial charge in [0.05, 0.1) is 11.8 Å². The van der Waals surface area contributed by atoms with Crippen molar-refractivity contribution < 1.29 is 4.79 Å². The fraction of sp³-hybridized carbons (Fsp3) is 0.500. The lowest BCUT2D eigenvalue weighted by Crippen LogP contribution is -2.39. The Bertz CT molecular complexity index is 694. The molecule has 1 amide bonds. The summed E-state index contributed by atoms with van der Waals surface area (Å²) >= 11 is 0. The van der Waals surface area contributed by atoms with Crippen molar-refractivity contribution in [2.75, 3.05) is 25.0 Å². The molecule has 1 fully saturated rings. The van der Waals surface area contributed by atoms with Crippen molar-refractivity contribution in [1.82, 2.24) is 19.7 Å². The van der Waals surface area contributed by atoms with Gasteiger partial charge in [0.25, 0.3) is 5.91 Å². The summed E-state index contributed by atoms with van der Waals surface area (Å²) in [5.74, 6) is 1.53. The molecule has 2 aromatic heterocycles. The van der Waals surface area contributed by atoms with Gasteiger partial charge in [0.1, 0.15) is 5.82 Å². The molecule has 1 atom stereocenters. The van der Waals surface area contributed by atoms with Crippen LogP contribution in [0.3, 0.4) is 0 Å². The van der Waals surface area contributed by atoms with Crippen LogP contribution in [0.15, 0.2) is 30.7 Å². The van der Waals surface area contributed by atoms with E-state index in [-0.39, 0.29) is 5.91 Å². The maximum absolute atomic E-state index is 12.6. The molecule has 6 nitrogen and oxygen atoms in total. The highest BCUT2D eigenvalue weighted by Gasteiger charge is 2.22. The summed E-state index contributed by atoms with van der Waals surface area (Å²) < 4.78 is 1.79. The Hall–Kier alpha value is -2.37. The van der Waals surface area contributed by atoms with Gasteiger partial charge in [-0.15, -0.1) is 0 Å². The van der Waals surface area contributed by atoms with Crippen LogP contribution in [0.5, 0.6) is 0 Å². The highest BCUT2D eigenvalue weighted by molar-refractivity contribution is 5.94. The molecule has 0 spiro atoms. The number of piperidine rings is 1. The first-order chi connectivity index (χ1) is 11.5. The fourth-order valence-corrected chi connectivity index (χ4v) is 3.20. The summed E-state index contributed by atoms with van der Waals surface area (Å²) in [7, 11) is 3.90. The van der Waals surface area contributed by atoms with Crippen LogP contribution >= 0.6 is 0 Å². The summed E-state index contributed by atoms with van der Waals surface area (Å²) in [6, 6.07) is 3.79. The average molecular weight is 327 g/mol. The number of aryl methyl sites for hydroxylation is 1. The zero-order chi connectivity index (χ0) is 17.1. The first-order valence-electron chi connectivity index (χ1n) is 8.47. The summed E-state index contributed by atoms with van der Waals surface area (Å²) in [5, 5.41) is 4.18. The number of carbonyl (C=O) groups excluding carboxylic acids is 1. The van der Waals surface area contributed by atoms with Crippen molar-refractivity contribution in [3.63, 3.8) is 0 Å². The molecule has 6 heteroatoms. The number of carbonyl (C=O) groups is 1. The second-order valence-electron chi connectivity index (χ2n) is 6.78. The van der Waals surface area contributed by atoms with E-state index in [0.717, 1.165) is 37.4 Å². The number of hydrogen-bond donors (Lipinski definition) is 0. The van der Waals surface area contributed by atoms with Gasteiger partial charge in [-0.3, -0.25) is 9.48 Å². The molecule has 0 aliphatic carbocycles. The van der Waals surface area contributed by atoms with Gasteiger partial charge < -0.3 is 9.80 Å². The molecule has 0 unspecified atom stereocenters. The lowest BCUT2D eigenvalue weighted by molar-refractivity contribution is 0.0682. The number of likely N-dealkylation sites (tertiary alicyclic amines) is 1. The van der Waals surface area contributed by atoms with Gasteiger partial charge >= 0.3 is 0 Å². The van der Waals surface area contributed by atoms with E-state index in [4.69, 9.17) is 0 Å². The van der Waals surface area contributed by atoms with Crippen molar-refractivity contribution in [2.24, 2.45) is 13.0 Å². The van der Waals surface area contributed by atoms with E-state index in [0.29, 0.717) is 11.5 Å². The molecule has 3 heterocycles. The predicted molar refractivity (Wildman–Crippen MR) is 93.9 cm³/mol. The molecule has 2 aromatic rings. The second kappa shape index (κ2) is 7.03. The molecule has 0 bridgehead atoms. The molecule has 128 valence electrons. The molecule has 1 aliphatic heterocycles. The minimum Gasteiger partial charge on any atom is -0.355 e. The Labute approximate surface area is 143 Å². The highest BCUT2D eigenvalue weighted by Crippen LogP contribution is 2.19. The van der Waals surface area contributed by atoms with Crippen LogP contribution in [0.2, 0.25) is 0 Å². The molecular weight excluding hydrogens is 302 g/mol. The number of aromatic nitrogens is 3. The van der Waals surface area contributed by atoms with E-state index in [1.54, 1.807) is 10.9 Å². The third-order valence-electron chi connectivity index (χ3n) is 4.51. The monoisotopic (exact) mass is 327 g/mol. The van der Waals surface area contributed by atoms with Crippen LogP contribution in [-0.2, 0) is 13.6 Å². The van der Waals surface area contributed by atoms with E-state index in [2.05, 4.69) is 17.0 Å². The highest BCUT2D eigenvalue weighted by atomic mass is 16.2. The van der Waals surface area contributed by atoms with Gasteiger partial charge in [0.2, 0.25) is 0 Å². The molecule has 0 N–H and O–H groups in total. The zero-order valence-electron chi connectivity index (χ0n) is 14.6. The zero-order valence-corrected chi connectivity index (χ0v) is 14.6. The SMILES string of the molecule is C[C@H]1CCCN(C(=O)c2ccc(N(C)Cc3cnn(C)c3)nc2)C1. The molecular formula is C18H25N5O. The third kappa shape index (κ3) is 3.75. The summed E-state index contributed by atoms with van der Waals surface area (Å²) in [6.07, 6.45) is 7.83. The molecule has 0 aromatic carbocycles. The van der Waals surface area contributed by atoms with Gasteiger partial charge in [0, 0.05) is 51.7 Å². The summed E-state index contributed by atoms with van der Waals surface area (Å²) in [4.78, 5) is 21.0. The predicted octanol–water partition coefficient (Wildman–Crippen LogP) is 2.32. The standard InChI is InChI=1S/C18H25N5O/c1-14-5-4-8-23(11-14)18(24)16-6-7-17(19-10-16)21(2)12-15-9-20-22(3)13-15/h6-7,9-10,13-14H,4-5,8,11-12H2,1-3H3/t14-/m0/s1. The van der Waals surface area contributed by atoms with Gasteiger partial charge in [-0.25, -0.2) is 4.98 Å². The number of hydrogen-bond acceptors (Lipinski definition) is 4. The van der Waals surface area contributed by atoms with Crippen LogP contribution < -0.4 is 4.90 Å². The maximum Gasteiger partial charge on any atom is 0.255 e. The molecule has 0 radical (unpaired) electrons. The first-order valence-corrected chi connectivity index (χ1v) is 8.47. The lowest BCUT2D eigenvalue weighted by Gasteiger charge is -2.31. The number of pyridine rings is 1. The van der Waals surface area contributed by atoms with Crippen molar-refractivity contribution in [3.05, 3.63) is 41.9 Å². The largest absolute Gasteiger partial charge is 0.355 e. The first kappa shape index (κ1) is 16.5. The van der Waals surface area contributed by atoms with Crippen molar-refractivity contribution >= 4 is 11.7 Å². The van der Waals surface area contributed by atoms with Crippen molar-refractivity contribution in [1.29, 1.82) is 0 Å².